The van der Waals surface area contributed by atoms with E-state index < -0.39 is 28.9 Å². The zero-order valence-corrected chi connectivity index (χ0v) is 18.9. The van der Waals surface area contributed by atoms with Gasteiger partial charge in [-0.15, -0.1) is 0 Å². The Balaban J connectivity index is 0.00000256. The number of fused-ring (bicyclic) bond motifs is 1. The van der Waals surface area contributed by atoms with Crippen LogP contribution in [0.4, 0.5) is 22.0 Å². The Labute approximate surface area is 209 Å². The zero-order valence-electron chi connectivity index (χ0n) is 15.8. The van der Waals surface area contributed by atoms with Gasteiger partial charge in [0.05, 0.1) is 11.3 Å². The van der Waals surface area contributed by atoms with E-state index in [0.717, 1.165) is 34.8 Å². The maximum Gasteiger partial charge on any atom is 0.416 e. The molecule has 0 bridgehead atoms. The monoisotopic (exact) mass is 444 g/mol. The first-order valence-corrected chi connectivity index (χ1v) is 8.40. The van der Waals surface area contributed by atoms with E-state index >= 15 is 0 Å². The summed E-state index contributed by atoms with van der Waals surface area (Å²) < 4.78 is 67.0. The van der Waals surface area contributed by atoms with Crippen LogP contribution in [0.15, 0.2) is 53.3 Å². The van der Waals surface area contributed by atoms with Crippen molar-refractivity contribution in [3.63, 3.8) is 0 Å². The van der Waals surface area contributed by atoms with Crippen molar-refractivity contribution in [1.82, 2.24) is 14.6 Å². The van der Waals surface area contributed by atoms with E-state index in [1.54, 1.807) is 6.92 Å². The Kier molecular flexibility index (Phi) is 6.35. The van der Waals surface area contributed by atoms with Gasteiger partial charge in [0.25, 0.3) is 5.56 Å². The van der Waals surface area contributed by atoms with Crippen molar-refractivity contribution in [3.05, 3.63) is 81.8 Å². The molecule has 0 atom stereocenters. The van der Waals surface area contributed by atoms with Gasteiger partial charge in [-0.25, -0.2) is 18.3 Å². The molecule has 0 saturated heterocycles. The van der Waals surface area contributed by atoms with E-state index in [9.17, 15) is 26.7 Å². The summed E-state index contributed by atoms with van der Waals surface area (Å²) in [7, 11) is 0. The van der Waals surface area contributed by atoms with Gasteiger partial charge in [0.2, 0.25) is 0 Å². The third kappa shape index (κ3) is 4.15. The van der Waals surface area contributed by atoms with Crippen molar-refractivity contribution in [2.45, 2.75) is 13.1 Å². The number of halogens is 5. The molecule has 1 radical (unpaired) electrons. The van der Waals surface area contributed by atoms with E-state index in [-0.39, 0.29) is 73.9 Å². The van der Waals surface area contributed by atoms with Crippen LogP contribution in [0, 0.1) is 18.6 Å². The van der Waals surface area contributed by atoms with Gasteiger partial charge in [-0.3, -0.25) is 9.89 Å². The second-order valence-corrected chi connectivity index (χ2v) is 6.45. The molecule has 4 rings (SSSR count). The number of aryl methyl sites for hydroxylation is 1. The molecule has 0 amide bonds. The Morgan fingerprint density at radius 2 is 1.67 bits per heavy atom. The summed E-state index contributed by atoms with van der Waals surface area (Å²) in [5.74, 6) is -1.58. The van der Waals surface area contributed by atoms with Gasteiger partial charge in [-0.05, 0) is 31.2 Å². The normalized spacial score (nSPS) is 11.5. The van der Waals surface area contributed by atoms with Crippen LogP contribution in [0.25, 0.3) is 28.0 Å². The molecule has 0 fully saturated rings. The molecule has 10 heteroatoms. The number of hydrogen-bond donors (Lipinski definition) is 1. The molecule has 0 spiro atoms. The van der Waals surface area contributed by atoms with Gasteiger partial charge in [-0.1, -0.05) is 12.1 Å². The van der Waals surface area contributed by atoms with E-state index in [2.05, 4.69) is 10.1 Å². The van der Waals surface area contributed by atoms with Crippen molar-refractivity contribution in [2.24, 2.45) is 0 Å². The zero-order chi connectivity index (χ0) is 20.9. The minimum atomic E-state index is -4.49. The standard InChI is InChI=1S/C20H12F5N3O.K/c1-10-18(14-7-6-13(21)8-15(14)22)19-26-16(9-17(29)28(19)27-10)11-2-4-12(5-3-11)20(23,24)25;/h2-9,27H,1H3;. The van der Waals surface area contributed by atoms with Crippen molar-refractivity contribution >= 4 is 57.0 Å². The van der Waals surface area contributed by atoms with Crippen LogP contribution in [-0.2, 0) is 6.18 Å². The second-order valence-electron chi connectivity index (χ2n) is 6.45. The van der Waals surface area contributed by atoms with Gasteiger partial charge in [0.1, 0.15) is 11.6 Å². The number of alkyl halides is 3. The quantitative estimate of drug-likeness (QED) is 0.364. The molecular weight excluding hydrogens is 432 g/mol. The van der Waals surface area contributed by atoms with Crippen LogP contribution in [-0.4, -0.2) is 66.0 Å². The first-order valence-electron chi connectivity index (χ1n) is 8.40. The number of hydrogen-bond acceptors (Lipinski definition) is 2. The fraction of sp³-hybridized carbons (Fsp3) is 0.100. The third-order valence-electron chi connectivity index (χ3n) is 4.51. The van der Waals surface area contributed by atoms with E-state index in [1.165, 1.54) is 18.2 Å². The molecule has 4 aromatic rings. The fourth-order valence-electron chi connectivity index (χ4n) is 3.14. The van der Waals surface area contributed by atoms with Crippen LogP contribution in [0.1, 0.15) is 11.3 Å². The molecule has 1 N–H and O–H groups in total. The van der Waals surface area contributed by atoms with Gasteiger partial charge in [0.15, 0.2) is 5.65 Å². The predicted molar refractivity (Wildman–Crippen MR) is 102 cm³/mol. The molecule has 0 aliphatic carbocycles. The average molecular weight is 444 g/mol. The van der Waals surface area contributed by atoms with Gasteiger partial charge >= 0.3 is 6.18 Å². The van der Waals surface area contributed by atoms with Crippen LogP contribution >= 0.6 is 0 Å². The molecular formula is C20H12F5KN3O. The molecule has 0 aliphatic heterocycles. The maximum absolute atomic E-state index is 14.3. The topological polar surface area (TPSA) is 50.2 Å². The number of H-pyrrole nitrogens is 1. The Bertz CT molecular complexity index is 1290. The summed E-state index contributed by atoms with van der Waals surface area (Å²) >= 11 is 0. The van der Waals surface area contributed by atoms with E-state index in [4.69, 9.17) is 0 Å². The van der Waals surface area contributed by atoms with Crippen LogP contribution in [0.5, 0.6) is 0 Å². The molecule has 30 heavy (non-hydrogen) atoms. The Hall–Kier alpha value is -1.85. The van der Waals surface area contributed by atoms with Crippen molar-refractivity contribution in [3.8, 4) is 22.4 Å². The molecule has 4 nitrogen and oxygen atoms in total. The second kappa shape index (κ2) is 8.35. The molecule has 2 aromatic carbocycles. The third-order valence-corrected chi connectivity index (χ3v) is 4.51. The first-order chi connectivity index (χ1) is 13.6. The summed E-state index contributed by atoms with van der Waals surface area (Å²) in [5.41, 5.74) is -0.131. The van der Waals surface area contributed by atoms with Crippen LogP contribution in [0.2, 0.25) is 0 Å². The van der Waals surface area contributed by atoms with E-state index in [0.29, 0.717) is 11.3 Å². The molecule has 2 heterocycles. The maximum atomic E-state index is 14.3. The SMILES string of the molecule is Cc1[nH]n2c(=O)cc(-c3ccc(C(F)(F)F)cc3)nc2c1-c1ccc(F)cc1F.[K]. The number of nitrogens with one attached hydrogen (secondary N) is 1. The number of benzene rings is 2. The number of aromatic nitrogens is 3. The smallest absolute Gasteiger partial charge is 0.293 e. The number of rotatable bonds is 2. The summed E-state index contributed by atoms with van der Waals surface area (Å²) in [6.45, 7) is 1.60. The van der Waals surface area contributed by atoms with Crippen molar-refractivity contribution < 1.29 is 22.0 Å². The molecule has 0 aliphatic rings. The van der Waals surface area contributed by atoms with Gasteiger partial charge in [-0.2, -0.15) is 13.2 Å². The summed E-state index contributed by atoms with van der Waals surface area (Å²) in [6, 6.07) is 8.39. The first kappa shape index (κ1) is 22.8. The molecule has 0 unspecified atom stereocenters. The van der Waals surface area contributed by atoms with Crippen molar-refractivity contribution in [2.75, 3.05) is 0 Å². The molecule has 0 saturated carbocycles. The van der Waals surface area contributed by atoms with Gasteiger partial charge in [0, 0.05) is 85.9 Å². The average Bonchev–Trinajstić information content (AvgIpc) is 2.98. The van der Waals surface area contributed by atoms with E-state index in [1.807, 2.05) is 0 Å². The number of aromatic amines is 1. The summed E-state index contributed by atoms with van der Waals surface area (Å²) in [4.78, 5) is 16.8. The summed E-state index contributed by atoms with van der Waals surface area (Å²) in [5, 5.41) is 2.78. The van der Waals surface area contributed by atoms with Gasteiger partial charge < -0.3 is 0 Å². The van der Waals surface area contributed by atoms with Crippen LogP contribution in [0.3, 0.4) is 0 Å². The largest absolute Gasteiger partial charge is 0.416 e. The minimum Gasteiger partial charge on any atom is -0.293 e. The number of nitrogens with zero attached hydrogens (tertiary/aromatic N) is 2. The predicted octanol–water partition coefficient (Wildman–Crippen LogP) is 4.58. The fourth-order valence-corrected chi connectivity index (χ4v) is 3.14. The minimum absolute atomic E-state index is 0. The van der Waals surface area contributed by atoms with Crippen LogP contribution < -0.4 is 5.56 Å². The molecule has 2 aromatic heterocycles. The van der Waals surface area contributed by atoms with Crippen molar-refractivity contribution in [1.29, 1.82) is 0 Å². The summed E-state index contributed by atoms with van der Waals surface area (Å²) in [6.07, 6.45) is -4.49. The molecule has 149 valence electrons. The Morgan fingerprint density at radius 3 is 2.27 bits per heavy atom. The Morgan fingerprint density at radius 1 is 1.00 bits per heavy atom.